The van der Waals surface area contributed by atoms with Crippen LogP contribution in [0.2, 0.25) is 5.02 Å². The summed E-state index contributed by atoms with van der Waals surface area (Å²) in [4.78, 5) is 27.7. The van der Waals surface area contributed by atoms with Crippen LogP contribution >= 0.6 is 11.6 Å². The van der Waals surface area contributed by atoms with Crippen molar-refractivity contribution in [2.45, 2.75) is 65.6 Å². The molecule has 7 nitrogen and oxygen atoms in total. The van der Waals surface area contributed by atoms with E-state index in [4.69, 9.17) is 11.6 Å². The molecule has 0 spiro atoms. The molecule has 0 unspecified atom stereocenters. The average molecular weight is 540 g/mol. The Morgan fingerprint density at radius 3 is 2.31 bits per heavy atom. The second-order valence-corrected chi connectivity index (χ2v) is 11.4. The van der Waals surface area contributed by atoms with E-state index in [0.717, 1.165) is 11.8 Å². The molecule has 0 saturated heterocycles. The fourth-order valence-electron chi connectivity index (χ4n) is 3.92. The molecule has 0 heterocycles. The summed E-state index contributed by atoms with van der Waals surface area (Å²) in [5.41, 5.74) is 1.89. The zero-order chi connectivity index (χ0) is 27.0. The number of rotatable bonds is 12. The van der Waals surface area contributed by atoms with E-state index in [1.54, 1.807) is 37.3 Å². The van der Waals surface area contributed by atoms with E-state index in [1.165, 1.54) is 21.3 Å². The Morgan fingerprint density at radius 1 is 1.11 bits per heavy atom. The molecule has 0 radical (unpaired) electrons. The van der Waals surface area contributed by atoms with Crippen molar-refractivity contribution in [1.82, 2.24) is 10.2 Å². The van der Waals surface area contributed by atoms with Crippen molar-refractivity contribution in [2.75, 3.05) is 17.1 Å². The second kappa shape index (κ2) is 13.1. The molecule has 0 aliphatic carbocycles. The number of hydrogen-bond acceptors (Lipinski definition) is 4. The maximum atomic E-state index is 13.4. The van der Waals surface area contributed by atoms with Gasteiger partial charge in [-0.3, -0.25) is 13.9 Å². The van der Waals surface area contributed by atoms with Gasteiger partial charge in [0.15, 0.2) is 0 Å². The van der Waals surface area contributed by atoms with Crippen LogP contribution in [0.25, 0.3) is 0 Å². The third-order valence-corrected chi connectivity index (χ3v) is 7.09. The molecule has 10 heteroatoms. The molecule has 2 rings (SSSR count). The van der Waals surface area contributed by atoms with Gasteiger partial charge in [0, 0.05) is 30.6 Å². The van der Waals surface area contributed by atoms with Crippen molar-refractivity contribution < 1.29 is 22.4 Å². The Labute approximate surface area is 218 Å². The normalized spacial score (nSPS) is 12.3. The number of hydrogen-bond donors (Lipinski definition) is 1. The van der Waals surface area contributed by atoms with Gasteiger partial charge in [0.05, 0.1) is 11.9 Å². The summed E-state index contributed by atoms with van der Waals surface area (Å²) in [5, 5.41) is 3.27. The highest BCUT2D eigenvalue weighted by atomic mass is 35.5. The zero-order valence-corrected chi connectivity index (χ0v) is 23.0. The molecule has 0 bridgehead atoms. The molecule has 2 amide bonds. The molecule has 1 atom stereocenters. The molecular weight excluding hydrogens is 505 g/mol. The third-order valence-electron chi connectivity index (χ3n) is 5.68. The third kappa shape index (κ3) is 8.48. The van der Waals surface area contributed by atoms with Crippen LogP contribution in [0.4, 0.5) is 10.1 Å². The molecule has 0 fully saturated rings. The largest absolute Gasteiger partial charge is 0.352 e. The molecule has 0 aromatic heterocycles. The molecule has 0 saturated carbocycles. The first-order valence-corrected chi connectivity index (χ1v) is 14.1. The van der Waals surface area contributed by atoms with Gasteiger partial charge >= 0.3 is 0 Å². The predicted octanol–water partition coefficient (Wildman–Crippen LogP) is 4.67. The number of nitrogens with one attached hydrogen (secondary N) is 1. The standard InChI is InChI=1S/C26H35ClFN3O4S/c1-6-23(26(33)29-18(2)3)30(17-20-10-13-22(28)14-11-20)25(32)8-7-15-31(36(5,34)35)24-16-21(27)12-9-19(24)4/h9-14,16,18,23H,6-8,15,17H2,1-5H3,(H,29,33)/t23-/m0/s1. The van der Waals surface area contributed by atoms with Gasteiger partial charge in [0.1, 0.15) is 11.9 Å². The number of benzene rings is 2. The maximum Gasteiger partial charge on any atom is 0.243 e. The van der Waals surface area contributed by atoms with Crippen LogP contribution in [0.3, 0.4) is 0 Å². The van der Waals surface area contributed by atoms with E-state index in [1.807, 2.05) is 20.8 Å². The Bertz CT molecular complexity index is 1160. The van der Waals surface area contributed by atoms with Gasteiger partial charge in [-0.1, -0.05) is 36.7 Å². The van der Waals surface area contributed by atoms with E-state index in [9.17, 15) is 22.4 Å². The fraction of sp³-hybridized carbons (Fsp3) is 0.462. The van der Waals surface area contributed by atoms with Crippen molar-refractivity contribution in [3.05, 3.63) is 64.4 Å². The maximum absolute atomic E-state index is 13.4. The van der Waals surface area contributed by atoms with E-state index < -0.39 is 21.9 Å². The van der Waals surface area contributed by atoms with Crippen LogP contribution in [0.15, 0.2) is 42.5 Å². The number of carbonyl (C=O) groups is 2. The van der Waals surface area contributed by atoms with Crippen LogP contribution in [-0.2, 0) is 26.2 Å². The van der Waals surface area contributed by atoms with Crippen LogP contribution in [0.5, 0.6) is 0 Å². The van der Waals surface area contributed by atoms with Crippen LogP contribution in [0, 0.1) is 12.7 Å². The van der Waals surface area contributed by atoms with E-state index in [-0.39, 0.29) is 43.8 Å². The Hall–Kier alpha value is -2.65. The van der Waals surface area contributed by atoms with Crippen LogP contribution in [-0.4, -0.2) is 50.0 Å². The van der Waals surface area contributed by atoms with Crippen molar-refractivity contribution in [2.24, 2.45) is 0 Å². The van der Waals surface area contributed by atoms with Crippen LogP contribution < -0.4 is 9.62 Å². The number of carbonyl (C=O) groups excluding carboxylic acids is 2. The zero-order valence-electron chi connectivity index (χ0n) is 21.4. The van der Waals surface area contributed by atoms with Gasteiger partial charge in [-0.05, 0) is 69.0 Å². The quantitative estimate of drug-likeness (QED) is 0.425. The lowest BCUT2D eigenvalue weighted by molar-refractivity contribution is -0.141. The van der Waals surface area contributed by atoms with Gasteiger partial charge in [-0.2, -0.15) is 0 Å². The van der Waals surface area contributed by atoms with Gasteiger partial charge in [0.2, 0.25) is 21.8 Å². The Balaban J connectivity index is 2.24. The van der Waals surface area contributed by atoms with Gasteiger partial charge in [-0.25, -0.2) is 12.8 Å². The average Bonchev–Trinajstić information content (AvgIpc) is 2.78. The number of nitrogens with zero attached hydrogens (tertiary/aromatic N) is 2. The fourth-order valence-corrected chi connectivity index (χ4v) is 5.10. The van der Waals surface area contributed by atoms with Crippen molar-refractivity contribution in [1.29, 1.82) is 0 Å². The molecule has 2 aromatic carbocycles. The Morgan fingerprint density at radius 2 is 1.75 bits per heavy atom. The Kier molecular flexibility index (Phi) is 10.7. The summed E-state index contributed by atoms with van der Waals surface area (Å²) in [6, 6.07) is 9.98. The van der Waals surface area contributed by atoms with Crippen molar-refractivity contribution >= 4 is 39.1 Å². The highest BCUT2D eigenvalue weighted by Gasteiger charge is 2.29. The number of anilines is 1. The number of aryl methyl sites for hydroxylation is 1. The molecule has 0 aliphatic heterocycles. The first-order valence-electron chi connectivity index (χ1n) is 11.9. The van der Waals surface area contributed by atoms with Crippen molar-refractivity contribution in [3.63, 3.8) is 0 Å². The lowest BCUT2D eigenvalue weighted by atomic mass is 10.1. The van der Waals surface area contributed by atoms with Crippen molar-refractivity contribution in [3.8, 4) is 0 Å². The second-order valence-electron chi connectivity index (χ2n) is 9.10. The van der Waals surface area contributed by atoms with E-state index in [2.05, 4.69) is 5.32 Å². The first kappa shape index (κ1) is 29.6. The first-order chi connectivity index (χ1) is 16.8. The minimum Gasteiger partial charge on any atom is -0.352 e. The lowest BCUT2D eigenvalue weighted by Crippen LogP contribution is -2.50. The van der Waals surface area contributed by atoms with E-state index in [0.29, 0.717) is 22.7 Å². The summed E-state index contributed by atoms with van der Waals surface area (Å²) < 4.78 is 39.7. The number of amides is 2. The topological polar surface area (TPSA) is 86.8 Å². The van der Waals surface area contributed by atoms with E-state index >= 15 is 0 Å². The monoisotopic (exact) mass is 539 g/mol. The summed E-state index contributed by atoms with van der Waals surface area (Å²) in [6.07, 6.45) is 1.76. The number of halogens is 2. The number of sulfonamides is 1. The SMILES string of the molecule is CC[C@@H](C(=O)NC(C)C)N(Cc1ccc(F)cc1)C(=O)CCCN(c1cc(Cl)ccc1C)S(C)(=O)=O. The highest BCUT2D eigenvalue weighted by molar-refractivity contribution is 7.92. The molecule has 1 N–H and O–H groups in total. The summed E-state index contributed by atoms with van der Waals surface area (Å²) in [7, 11) is -3.63. The van der Waals surface area contributed by atoms with Gasteiger partial charge < -0.3 is 10.2 Å². The molecule has 198 valence electrons. The molecule has 0 aliphatic rings. The molecule has 2 aromatic rings. The minimum atomic E-state index is -3.63. The molecular formula is C26H35ClFN3O4S. The highest BCUT2D eigenvalue weighted by Crippen LogP contribution is 2.27. The minimum absolute atomic E-state index is 0.0261. The smallest absolute Gasteiger partial charge is 0.243 e. The molecule has 36 heavy (non-hydrogen) atoms. The van der Waals surface area contributed by atoms with Gasteiger partial charge in [0.25, 0.3) is 0 Å². The summed E-state index contributed by atoms with van der Waals surface area (Å²) in [6.45, 7) is 7.50. The summed E-state index contributed by atoms with van der Waals surface area (Å²) >= 11 is 6.10. The lowest BCUT2D eigenvalue weighted by Gasteiger charge is -2.31. The van der Waals surface area contributed by atoms with Crippen LogP contribution in [0.1, 0.15) is 51.2 Å². The van der Waals surface area contributed by atoms with Gasteiger partial charge in [-0.15, -0.1) is 0 Å². The summed E-state index contributed by atoms with van der Waals surface area (Å²) in [5.74, 6) is -0.949. The predicted molar refractivity (Wildman–Crippen MR) is 142 cm³/mol.